The summed E-state index contributed by atoms with van der Waals surface area (Å²) < 4.78 is 6.15. The number of ether oxygens (including phenoxy) is 1. The largest absolute Gasteiger partial charge is 0.470 e. The lowest BCUT2D eigenvalue weighted by molar-refractivity contribution is 0.321. The van der Waals surface area contributed by atoms with Crippen molar-refractivity contribution in [1.29, 1.82) is 0 Å². The van der Waals surface area contributed by atoms with Crippen molar-refractivity contribution in [2.24, 2.45) is 16.2 Å². The van der Waals surface area contributed by atoms with Gasteiger partial charge < -0.3 is 10.6 Å². The highest BCUT2D eigenvalue weighted by molar-refractivity contribution is 9.10. The second-order valence-electron chi connectivity index (χ2n) is 1.98. The average molecular weight is 230 g/mol. The number of rotatable bonds is 3. The zero-order valence-corrected chi connectivity index (χ0v) is 7.86. The summed E-state index contributed by atoms with van der Waals surface area (Å²) in [6.45, 7) is 0.151. The standard InChI is InChI=1S/C7H8BrN3O/c8-6-1-3-7(4-2-6)12-5-10-11-9/h1-4H,5H2,(H2,9,10). The van der Waals surface area contributed by atoms with Crippen LogP contribution in [0.1, 0.15) is 0 Å². The summed E-state index contributed by atoms with van der Waals surface area (Å²) in [5.74, 6) is 5.53. The predicted molar refractivity (Wildman–Crippen MR) is 48.7 cm³/mol. The van der Waals surface area contributed by atoms with Gasteiger partial charge in [-0.05, 0) is 24.3 Å². The van der Waals surface area contributed by atoms with Crippen molar-refractivity contribution < 1.29 is 4.74 Å². The minimum Gasteiger partial charge on any atom is -0.470 e. The summed E-state index contributed by atoms with van der Waals surface area (Å²) in [6.07, 6.45) is 0. The molecular formula is C7H8BrN3O. The zero-order chi connectivity index (χ0) is 8.81. The van der Waals surface area contributed by atoms with Crippen LogP contribution in [-0.2, 0) is 0 Å². The molecule has 0 saturated carbocycles. The lowest BCUT2D eigenvalue weighted by Gasteiger charge is -2.00. The monoisotopic (exact) mass is 229 g/mol. The van der Waals surface area contributed by atoms with Crippen molar-refractivity contribution in [2.75, 3.05) is 6.73 Å². The van der Waals surface area contributed by atoms with Gasteiger partial charge in [0.1, 0.15) is 5.75 Å². The van der Waals surface area contributed by atoms with Crippen LogP contribution in [0.3, 0.4) is 0 Å². The maximum atomic E-state index is 5.14. The predicted octanol–water partition coefficient (Wildman–Crippen LogP) is 2.11. The van der Waals surface area contributed by atoms with E-state index in [4.69, 9.17) is 10.6 Å². The normalized spacial score (nSPS) is 10.4. The molecule has 1 aromatic rings. The van der Waals surface area contributed by atoms with E-state index < -0.39 is 0 Å². The van der Waals surface area contributed by atoms with Crippen LogP contribution in [0.15, 0.2) is 39.1 Å². The maximum Gasteiger partial charge on any atom is 0.200 e. The minimum atomic E-state index is 0.151. The molecule has 0 bridgehead atoms. The van der Waals surface area contributed by atoms with Crippen molar-refractivity contribution in [3.8, 4) is 5.75 Å². The van der Waals surface area contributed by atoms with E-state index in [1.807, 2.05) is 24.3 Å². The van der Waals surface area contributed by atoms with E-state index in [2.05, 4.69) is 26.3 Å². The Balaban J connectivity index is 2.47. The maximum absolute atomic E-state index is 5.14. The first-order valence-corrected chi connectivity index (χ1v) is 4.07. The highest BCUT2D eigenvalue weighted by Crippen LogP contribution is 2.15. The Hall–Kier alpha value is -1.10. The smallest absolute Gasteiger partial charge is 0.200 e. The van der Waals surface area contributed by atoms with E-state index in [9.17, 15) is 0 Å². The number of nitrogens with two attached hydrogens (primary N) is 1. The van der Waals surface area contributed by atoms with E-state index in [-0.39, 0.29) is 6.73 Å². The topological polar surface area (TPSA) is 60.0 Å². The Morgan fingerprint density at radius 2 is 2.00 bits per heavy atom. The fourth-order valence-corrected chi connectivity index (χ4v) is 0.932. The van der Waals surface area contributed by atoms with Gasteiger partial charge in [0.05, 0.1) is 0 Å². The molecule has 0 unspecified atom stereocenters. The molecule has 0 amide bonds. The third-order valence-corrected chi connectivity index (χ3v) is 1.71. The van der Waals surface area contributed by atoms with Crippen LogP contribution in [0.2, 0.25) is 0 Å². The molecule has 0 radical (unpaired) electrons. The second-order valence-corrected chi connectivity index (χ2v) is 2.90. The second kappa shape index (κ2) is 4.71. The Labute approximate surface area is 78.5 Å². The number of benzene rings is 1. The SMILES string of the molecule is NN=NCOc1ccc(Br)cc1. The molecule has 2 N–H and O–H groups in total. The summed E-state index contributed by atoms with van der Waals surface area (Å²) in [5, 5.41) is 6.52. The van der Waals surface area contributed by atoms with Crippen LogP contribution < -0.4 is 10.6 Å². The molecule has 0 heterocycles. The molecule has 1 aromatic carbocycles. The molecule has 0 aliphatic heterocycles. The Kier molecular flexibility index (Phi) is 3.53. The first kappa shape index (κ1) is 8.99. The van der Waals surface area contributed by atoms with Crippen molar-refractivity contribution in [3.05, 3.63) is 28.7 Å². The lowest BCUT2D eigenvalue weighted by atomic mass is 10.3. The van der Waals surface area contributed by atoms with Gasteiger partial charge in [0.25, 0.3) is 0 Å². The molecule has 0 aliphatic rings. The molecule has 5 heteroatoms. The molecular weight excluding hydrogens is 222 g/mol. The van der Waals surface area contributed by atoms with Crippen LogP contribution in [0.4, 0.5) is 0 Å². The Morgan fingerprint density at radius 1 is 1.33 bits per heavy atom. The summed E-state index contributed by atoms with van der Waals surface area (Å²) in [6, 6.07) is 7.43. The van der Waals surface area contributed by atoms with Gasteiger partial charge in [-0.15, -0.1) is 5.11 Å². The first-order chi connectivity index (χ1) is 5.83. The molecule has 0 aromatic heterocycles. The molecule has 0 fully saturated rings. The highest BCUT2D eigenvalue weighted by Gasteiger charge is 1.90. The van der Waals surface area contributed by atoms with E-state index in [0.717, 1.165) is 10.2 Å². The molecule has 0 aliphatic carbocycles. The number of halogens is 1. The first-order valence-electron chi connectivity index (χ1n) is 3.28. The third-order valence-electron chi connectivity index (χ3n) is 1.18. The van der Waals surface area contributed by atoms with Crippen molar-refractivity contribution in [2.45, 2.75) is 0 Å². The molecule has 4 nitrogen and oxygen atoms in total. The van der Waals surface area contributed by atoms with Crippen LogP contribution >= 0.6 is 15.9 Å². The number of hydrogen-bond acceptors (Lipinski definition) is 3. The van der Waals surface area contributed by atoms with Crippen LogP contribution in [0, 0.1) is 0 Å². The molecule has 12 heavy (non-hydrogen) atoms. The van der Waals surface area contributed by atoms with E-state index in [0.29, 0.717) is 0 Å². The zero-order valence-electron chi connectivity index (χ0n) is 6.27. The fourth-order valence-electron chi connectivity index (χ4n) is 0.668. The summed E-state index contributed by atoms with van der Waals surface area (Å²) in [4.78, 5) is 0. The molecule has 0 atom stereocenters. The lowest BCUT2D eigenvalue weighted by Crippen LogP contribution is -1.93. The van der Waals surface area contributed by atoms with Gasteiger partial charge in [-0.3, -0.25) is 0 Å². The van der Waals surface area contributed by atoms with E-state index >= 15 is 0 Å². The van der Waals surface area contributed by atoms with Gasteiger partial charge in [-0.2, -0.15) is 0 Å². The van der Waals surface area contributed by atoms with Crippen LogP contribution in [0.25, 0.3) is 0 Å². The molecule has 0 saturated heterocycles. The fraction of sp³-hybridized carbons (Fsp3) is 0.143. The quantitative estimate of drug-likeness (QED) is 0.491. The summed E-state index contributed by atoms with van der Waals surface area (Å²) in [5.41, 5.74) is 0. The van der Waals surface area contributed by atoms with E-state index in [1.54, 1.807) is 0 Å². The molecule has 1 rings (SSSR count). The van der Waals surface area contributed by atoms with Gasteiger partial charge in [-0.25, -0.2) is 0 Å². The van der Waals surface area contributed by atoms with E-state index in [1.165, 1.54) is 0 Å². The summed E-state index contributed by atoms with van der Waals surface area (Å²) >= 11 is 3.31. The van der Waals surface area contributed by atoms with Crippen LogP contribution in [-0.4, -0.2) is 6.73 Å². The van der Waals surface area contributed by atoms with Crippen molar-refractivity contribution in [1.82, 2.24) is 0 Å². The van der Waals surface area contributed by atoms with Crippen molar-refractivity contribution >= 4 is 15.9 Å². The summed E-state index contributed by atoms with van der Waals surface area (Å²) in [7, 11) is 0. The molecule has 64 valence electrons. The third kappa shape index (κ3) is 2.87. The minimum absolute atomic E-state index is 0.151. The van der Waals surface area contributed by atoms with Gasteiger partial charge in [0, 0.05) is 4.47 Å². The van der Waals surface area contributed by atoms with Gasteiger partial charge in [-0.1, -0.05) is 21.2 Å². The van der Waals surface area contributed by atoms with Gasteiger partial charge in [0.15, 0.2) is 0 Å². The Morgan fingerprint density at radius 3 is 2.58 bits per heavy atom. The van der Waals surface area contributed by atoms with Gasteiger partial charge in [0.2, 0.25) is 6.73 Å². The van der Waals surface area contributed by atoms with Crippen molar-refractivity contribution in [3.63, 3.8) is 0 Å². The Bertz CT molecular complexity index is 260. The number of nitrogens with zero attached hydrogens (tertiary/aromatic N) is 2. The van der Waals surface area contributed by atoms with Gasteiger partial charge >= 0.3 is 0 Å². The average Bonchev–Trinajstić information content (AvgIpc) is 2.09. The highest BCUT2D eigenvalue weighted by atomic mass is 79.9. The molecule has 0 spiro atoms. The number of hydrogen-bond donors (Lipinski definition) is 1. The van der Waals surface area contributed by atoms with Crippen LogP contribution in [0.5, 0.6) is 5.75 Å².